The molecule has 6 rings (SSSR count). The summed E-state index contributed by atoms with van der Waals surface area (Å²) in [6.07, 6.45) is 1.35. The van der Waals surface area contributed by atoms with Gasteiger partial charge in [-0.15, -0.1) is 0 Å². The van der Waals surface area contributed by atoms with Gasteiger partial charge in [0.05, 0.1) is 10.4 Å². The van der Waals surface area contributed by atoms with E-state index in [4.69, 9.17) is 20.8 Å². The van der Waals surface area contributed by atoms with E-state index in [2.05, 4.69) is 10.6 Å². The van der Waals surface area contributed by atoms with Crippen molar-refractivity contribution < 1.29 is 31.9 Å². The average Bonchev–Trinajstić information content (AvgIpc) is 2.72. The van der Waals surface area contributed by atoms with Crippen molar-refractivity contribution in [2.75, 3.05) is 6.61 Å². The second-order valence-electron chi connectivity index (χ2n) is 8.70. The summed E-state index contributed by atoms with van der Waals surface area (Å²) in [5, 5.41) is 5.25. The van der Waals surface area contributed by atoms with Crippen molar-refractivity contribution in [3.63, 3.8) is 0 Å². The lowest BCUT2D eigenvalue weighted by molar-refractivity contribution is -0.141. The monoisotopic (exact) mass is 492 g/mol. The number of carbonyl (C=O) groups excluding carboxylic acids is 2. The van der Waals surface area contributed by atoms with E-state index in [-0.39, 0.29) is 22.8 Å². The van der Waals surface area contributed by atoms with Crippen LogP contribution in [0.5, 0.6) is 5.75 Å². The summed E-state index contributed by atoms with van der Waals surface area (Å²) in [5.41, 5.74) is -2.32. The van der Waals surface area contributed by atoms with Gasteiger partial charge in [0.2, 0.25) is 0 Å². The number of rotatable bonds is 6. The first kappa shape index (κ1) is 22.3. The van der Waals surface area contributed by atoms with E-state index in [1.807, 2.05) is 0 Å². The molecule has 3 aliphatic carbocycles. The Kier molecular flexibility index (Phi) is 5.09. The average molecular weight is 493 g/mol. The maximum atomic E-state index is 14.0. The molecular weight excluding hydrogens is 477 g/mol. The quantitative estimate of drug-likeness (QED) is 0.549. The second-order valence-corrected chi connectivity index (χ2v) is 9.10. The largest absolute Gasteiger partial charge is 0.484 e. The van der Waals surface area contributed by atoms with Crippen molar-refractivity contribution in [2.45, 2.75) is 30.3 Å². The lowest BCUT2D eigenvalue weighted by Crippen LogP contribution is -2.84. The Labute approximate surface area is 194 Å². The van der Waals surface area contributed by atoms with E-state index in [0.29, 0.717) is 25.3 Å². The van der Waals surface area contributed by atoms with Crippen molar-refractivity contribution in [1.82, 2.24) is 10.6 Å². The Morgan fingerprint density at radius 3 is 2.41 bits per heavy atom. The zero-order valence-electron chi connectivity index (χ0n) is 17.3. The topological polar surface area (TPSA) is 97.6 Å². The normalized spacial score (nSPS) is 22.5. The molecule has 0 atom stereocenters. The smallest absolute Gasteiger partial charge is 0.287 e. The molecule has 2 aromatic carbocycles. The molecule has 0 saturated heterocycles. The molecule has 2 amide bonds. The first-order chi connectivity index (χ1) is 16.1. The molecule has 2 bridgehead atoms. The summed E-state index contributed by atoms with van der Waals surface area (Å²) in [6, 6.07) is 6.13. The van der Waals surface area contributed by atoms with E-state index in [9.17, 15) is 27.6 Å². The molecule has 11 heteroatoms. The predicted molar refractivity (Wildman–Crippen MR) is 114 cm³/mol. The molecule has 2 N–H and O–H groups in total. The van der Waals surface area contributed by atoms with Crippen LogP contribution in [-0.2, 0) is 4.79 Å². The van der Waals surface area contributed by atoms with Gasteiger partial charge in [-0.25, -0.2) is 13.2 Å². The highest BCUT2D eigenvalue weighted by Crippen LogP contribution is 2.60. The molecule has 0 unspecified atom stereocenters. The first-order valence-corrected chi connectivity index (χ1v) is 10.6. The Morgan fingerprint density at radius 1 is 1.00 bits per heavy atom. The summed E-state index contributed by atoms with van der Waals surface area (Å²) in [6.45, 7) is -0.323. The van der Waals surface area contributed by atoms with Crippen LogP contribution >= 0.6 is 11.6 Å². The summed E-state index contributed by atoms with van der Waals surface area (Å²) in [4.78, 5) is 37.0. The standard InChI is InChI=1S/C23H16ClF3N2O5/c24-14-2-1-12(5-15(14)26)33-7-19(31)28-22-8-23(9-22,10-22)29-21(32)18-6-17(30)13-3-11(25)4-16(27)20(13)34-18/h1-6H,7-10H2,(H,28,31)(H,29,32). The third-order valence-corrected chi connectivity index (χ3v) is 6.35. The number of hydrogen-bond donors (Lipinski definition) is 2. The Balaban J connectivity index is 1.17. The van der Waals surface area contributed by atoms with Gasteiger partial charge in [-0.1, -0.05) is 11.6 Å². The maximum absolute atomic E-state index is 14.0. The highest BCUT2D eigenvalue weighted by Gasteiger charge is 2.69. The zero-order chi connectivity index (χ0) is 24.3. The van der Waals surface area contributed by atoms with Gasteiger partial charge in [0.1, 0.15) is 17.4 Å². The van der Waals surface area contributed by atoms with E-state index in [0.717, 1.165) is 18.2 Å². The van der Waals surface area contributed by atoms with Gasteiger partial charge in [0.15, 0.2) is 29.2 Å². The van der Waals surface area contributed by atoms with Crippen molar-refractivity contribution >= 4 is 34.4 Å². The second kappa shape index (κ2) is 7.76. The maximum Gasteiger partial charge on any atom is 0.287 e. The van der Waals surface area contributed by atoms with Gasteiger partial charge in [-0.05, 0) is 37.5 Å². The Morgan fingerprint density at radius 2 is 1.71 bits per heavy atom. The molecule has 7 nitrogen and oxygen atoms in total. The van der Waals surface area contributed by atoms with Gasteiger partial charge < -0.3 is 19.8 Å². The Hall–Kier alpha value is -3.53. The third kappa shape index (κ3) is 3.87. The van der Waals surface area contributed by atoms with Gasteiger partial charge in [0.25, 0.3) is 11.8 Å². The third-order valence-electron chi connectivity index (χ3n) is 6.05. The highest BCUT2D eigenvalue weighted by atomic mass is 35.5. The van der Waals surface area contributed by atoms with E-state index in [1.54, 1.807) is 0 Å². The number of benzene rings is 2. The van der Waals surface area contributed by atoms with Gasteiger partial charge in [-0.3, -0.25) is 14.4 Å². The molecular formula is C23H16ClF3N2O5. The van der Waals surface area contributed by atoms with E-state index >= 15 is 0 Å². The molecule has 0 spiro atoms. The van der Waals surface area contributed by atoms with Crippen LogP contribution in [0.15, 0.2) is 45.6 Å². The minimum Gasteiger partial charge on any atom is -0.484 e. The number of ether oxygens (including phenoxy) is 1. The van der Waals surface area contributed by atoms with Crippen LogP contribution in [0, 0.1) is 17.5 Å². The van der Waals surface area contributed by atoms with Gasteiger partial charge >= 0.3 is 0 Å². The predicted octanol–water partition coefficient (Wildman–Crippen LogP) is 3.46. The molecule has 3 aromatic rings. The van der Waals surface area contributed by atoms with Crippen LogP contribution in [0.4, 0.5) is 13.2 Å². The van der Waals surface area contributed by atoms with Gasteiger partial charge in [0, 0.05) is 29.3 Å². The van der Waals surface area contributed by atoms with Crippen molar-refractivity contribution in [1.29, 1.82) is 0 Å². The molecule has 0 aliphatic heterocycles. The van der Waals surface area contributed by atoms with Crippen LogP contribution in [0.2, 0.25) is 5.02 Å². The van der Waals surface area contributed by atoms with Gasteiger partial charge in [-0.2, -0.15) is 0 Å². The van der Waals surface area contributed by atoms with Crippen LogP contribution in [0.1, 0.15) is 29.8 Å². The van der Waals surface area contributed by atoms with Crippen LogP contribution < -0.4 is 20.8 Å². The van der Waals surface area contributed by atoms with E-state index < -0.39 is 57.1 Å². The molecule has 176 valence electrons. The van der Waals surface area contributed by atoms with Crippen LogP contribution in [0.3, 0.4) is 0 Å². The van der Waals surface area contributed by atoms with Crippen molar-refractivity contribution in [3.8, 4) is 5.75 Å². The number of nitrogens with one attached hydrogen (secondary N) is 2. The zero-order valence-corrected chi connectivity index (χ0v) is 18.1. The minimum absolute atomic E-state index is 0.0555. The first-order valence-electron chi connectivity index (χ1n) is 10.2. The van der Waals surface area contributed by atoms with Crippen molar-refractivity contribution in [2.24, 2.45) is 0 Å². The summed E-state index contributed by atoms with van der Waals surface area (Å²) in [7, 11) is 0. The fourth-order valence-corrected chi connectivity index (χ4v) is 4.82. The molecule has 1 heterocycles. The number of amides is 2. The summed E-state index contributed by atoms with van der Waals surface area (Å²) < 4.78 is 51.3. The SMILES string of the molecule is O=C(COc1ccc(Cl)c(F)c1)NC12CC(NC(=O)c3cc(=O)c4cc(F)cc(F)c4o3)(C1)C2. The highest BCUT2D eigenvalue weighted by molar-refractivity contribution is 6.30. The number of halogens is 4. The fourth-order valence-electron chi connectivity index (χ4n) is 4.70. The lowest BCUT2D eigenvalue weighted by atomic mass is 9.44. The van der Waals surface area contributed by atoms with E-state index in [1.165, 1.54) is 12.1 Å². The minimum atomic E-state index is -1.09. The summed E-state index contributed by atoms with van der Waals surface area (Å²) >= 11 is 5.60. The van der Waals surface area contributed by atoms with Crippen LogP contribution in [0.25, 0.3) is 11.0 Å². The molecule has 3 saturated carbocycles. The molecule has 3 fully saturated rings. The molecule has 34 heavy (non-hydrogen) atoms. The van der Waals surface area contributed by atoms with Crippen molar-refractivity contribution in [3.05, 3.63) is 74.9 Å². The Bertz CT molecular complexity index is 1400. The lowest BCUT2D eigenvalue weighted by Gasteiger charge is -2.70. The number of fused-ring (bicyclic) bond motifs is 1. The van der Waals surface area contributed by atoms with Crippen LogP contribution in [-0.4, -0.2) is 29.5 Å². The fraction of sp³-hybridized carbons (Fsp3) is 0.261. The number of carbonyl (C=O) groups is 2. The summed E-state index contributed by atoms with van der Waals surface area (Å²) in [5.74, 6) is -4.02. The molecule has 1 aromatic heterocycles. The molecule has 0 radical (unpaired) electrons. The molecule has 3 aliphatic rings. The number of hydrogen-bond acceptors (Lipinski definition) is 5.